The van der Waals surface area contributed by atoms with E-state index in [1.165, 1.54) is 22.5 Å². The van der Waals surface area contributed by atoms with Crippen molar-refractivity contribution in [2.24, 2.45) is 0 Å². The van der Waals surface area contributed by atoms with Gasteiger partial charge in [0.15, 0.2) is 0 Å². The normalized spacial score (nSPS) is 16.8. The Morgan fingerprint density at radius 1 is 1.23 bits per heavy atom. The summed E-state index contributed by atoms with van der Waals surface area (Å²) in [5.74, 6) is -1.17. The van der Waals surface area contributed by atoms with Crippen LogP contribution in [0.1, 0.15) is 47.9 Å². The Labute approximate surface area is 187 Å². The quantitative estimate of drug-likeness (QED) is 0.673. The average molecular weight is 468 g/mol. The van der Waals surface area contributed by atoms with Crippen LogP contribution < -0.4 is 5.32 Å². The van der Waals surface area contributed by atoms with Gasteiger partial charge < -0.3 is 5.32 Å². The van der Waals surface area contributed by atoms with E-state index in [1.807, 2.05) is 32.0 Å². The van der Waals surface area contributed by atoms with Gasteiger partial charge in [-0.25, -0.2) is 17.1 Å². The Morgan fingerprint density at radius 2 is 1.90 bits per heavy atom. The number of carbonyl (C=O) groups is 1. The smallest absolute Gasteiger partial charge is 0.255 e. The van der Waals surface area contributed by atoms with Crippen molar-refractivity contribution in [1.29, 1.82) is 0 Å². The summed E-state index contributed by atoms with van der Waals surface area (Å²) in [5, 5.41) is 2.86. The van der Waals surface area contributed by atoms with Gasteiger partial charge in [0.1, 0.15) is 5.82 Å². The zero-order valence-electron chi connectivity index (χ0n) is 17.7. The van der Waals surface area contributed by atoms with Crippen molar-refractivity contribution in [2.45, 2.75) is 38.5 Å². The number of aryl methyl sites for hydroxylation is 1. The summed E-state index contributed by atoms with van der Waals surface area (Å²) >= 11 is 6.03. The fraction of sp³-hybridized carbons (Fsp3) is 0.455. The van der Waals surface area contributed by atoms with E-state index in [0.717, 1.165) is 11.4 Å². The topological polar surface area (TPSA) is 79.4 Å². The number of carbonyl (C=O) groups excluding carboxylic acids is 1. The highest BCUT2D eigenvalue weighted by Gasteiger charge is 2.40. The molecule has 31 heavy (non-hydrogen) atoms. The highest BCUT2D eigenvalue weighted by atomic mass is 35.5. The maximum Gasteiger partial charge on any atom is 0.255 e. The molecule has 0 bridgehead atoms. The lowest BCUT2D eigenvalue weighted by Gasteiger charge is -2.41. The molecule has 168 valence electrons. The van der Waals surface area contributed by atoms with Gasteiger partial charge in [-0.3, -0.25) is 9.78 Å². The number of hydrogen-bond donors (Lipinski definition) is 1. The molecule has 2 aromatic rings. The molecule has 1 fully saturated rings. The van der Waals surface area contributed by atoms with Crippen LogP contribution in [0.2, 0.25) is 5.02 Å². The number of pyridine rings is 1. The van der Waals surface area contributed by atoms with Crippen LogP contribution in [-0.2, 0) is 15.4 Å². The molecule has 1 aromatic carbocycles. The zero-order valence-corrected chi connectivity index (χ0v) is 19.3. The third kappa shape index (κ3) is 5.25. The molecule has 0 atom stereocenters. The maximum absolute atomic E-state index is 14.2. The predicted octanol–water partition coefficient (Wildman–Crippen LogP) is 3.69. The molecule has 0 aliphatic carbocycles. The minimum Gasteiger partial charge on any atom is -0.351 e. The second-order valence-electron chi connectivity index (χ2n) is 7.94. The van der Waals surface area contributed by atoms with Crippen LogP contribution in [0.5, 0.6) is 0 Å². The van der Waals surface area contributed by atoms with E-state index in [-0.39, 0.29) is 22.9 Å². The SMILES string of the molecule is CCCS(=O)(=O)N1CCC(CNC(=O)c2c(F)cccc2Cl)(c2cccc(C)n2)CC1. The third-order valence-corrected chi connectivity index (χ3v) is 8.13. The fourth-order valence-corrected chi connectivity index (χ4v) is 5.76. The van der Waals surface area contributed by atoms with Crippen molar-refractivity contribution in [3.05, 3.63) is 64.2 Å². The highest BCUT2D eigenvalue weighted by Crippen LogP contribution is 2.35. The van der Waals surface area contributed by atoms with Crippen molar-refractivity contribution in [1.82, 2.24) is 14.6 Å². The minimum absolute atomic E-state index is 0.0423. The van der Waals surface area contributed by atoms with E-state index >= 15 is 0 Å². The van der Waals surface area contributed by atoms with Crippen LogP contribution in [-0.4, -0.2) is 49.0 Å². The number of hydrogen-bond acceptors (Lipinski definition) is 4. The summed E-state index contributed by atoms with van der Waals surface area (Å²) in [5.41, 5.74) is 0.873. The molecule has 1 aliphatic heterocycles. The number of amides is 1. The van der Waals surface area contributed by atoms with Gasteiger partial charge >= 0.3 is 0 Å². The average Bonchev–Trinajstić information content (AvgIpc) is 2.72. The Balaban J connectivity index is 1.84. The van der Waals surface area contributed by atoms with Crippen LogP contribution in [0.3, 0.4) is 0 Å². The molecule has 1 aliphatic rings. The summed E-state index contributed by atoms with van der Waals surface area (Å²) in [7, 11) is -3.30. The molecule has 6 nitrogen and oxygen atoms in total. The molecule has 1 amide bonds. The highest BCUT2D eigenvalue weighted by molar-refractivity contribution is 7.89. The van der Waals surface area contributed by atoms with Gasteiger partial charge in [0.25, 0.3) is 5.91 Å². The summed E-state index contributed by atoms with van der Waals surface area (Å²) in [4.78, 5) is 17.4. The number of halogens is 2. The number of aromatic nitrogens is 1. The van der Waals surface area contributed by atoms with Crippen molar-refractivity contribution < 1.29 is 17.6 Å². The van der Waals surface area contributed by atoms with Gasteiger partial charge in [-0.15, -0.1) is 0 Å². The van der Waals surface area contributed by atoms with E-state index in [2.05, 4.69) is 10.3 Å². The lowest BCUT2D eigenvalue weighted by atomic mass is 9.75. The summed E-state index contributed by atoms with van der Waals surface area (Å²) in [6.45, 7) is 4.61. The number of nitrogens with zero attached hydrogens (tertiary/aromatic N) is 2. The molecule has 2 heterocycles. The first-order valence-corrected chi connectivity index (χ1v) is 12.3. The van der Waals surface area contributed by atoms with Crippen molar-refractivity contribution in [3.8, 4) is 0 Å². The molecular formula is C22H27ClFN3O3S. The van der Waals surface area contributed by atoms with Crippen molar-refractivity contribution in [3.63, 3.8) is 0 Å². The molecule has 3 rings (SSSR count). The maximum atomic E-state index is 14.2. The zero-order chi connectivity index (χ0) is 22.6. The summed E-state index contributed by atoms with van der Waals surface area (Å²) < 4.78 is 40.7. The van der Waals surface area contributed by atoms with Crippen LogP contribution in [0.25, 0.3) is 0 Å². The Morgan fingerprint density at radius 3 is 2.52 bits per heavy atom. The van der Waals surface area contributed by atoms with E-state index in [4.69, 9.17) is 11.6 Å². The number of piperidine rings is 1. The first-order chi connectivity index (χ1) is 14.7. The Bertz CT molecular complexity index is 1030. The molecule has 0 unspecified atom stereocenters. The number of rotatable bonds is 7. The predicted molar refractivity (Wildman–Crippen MR) is 119 cm³/mol. The summed E-state index contributed by atoms with van der Waals surface area (Å²) in [6, 6.07) is 9.78. The second kappa shape index (κ2) is 9.63. The summed E-state index contributed by atoms with van der Waals surface area (Å²) in [6.07, 6.45) is 1.55. The first-order valence-electron chi connectivity index (χ1n) is 10.3. The van der Waals surface area contributed by atoms with Gasteiger partial charge in [0.2, 0.25) is 10.0 Å². The standard InChI is InChI=1S/C22H27ClFN3O3S/c1-3-14-31(29,30)27-12-10-22(11-13-27,19-9-4-6-16(2)26-19)15-25-21(28)20-17(23)7-5-8-18(20)24/h4-9H,3,10-15H2,1-2H3,(H,25,28). The van der Waals surface area contributed by atoms with E-state index in [9.17, 15) is 17.6 Å². The van der Waals surface area contributed by atoms with E-state index in [0.29, 0.717) is 32.4 Å². The number of sulfonamides is 1. The van der Waals surface area contributed by atoms with E-state index in [1.54, 1.807) is 0 Å². The molecule has 1 aromatic heterocycles. The van der Waals surface area contributed by atoms with Gasteiger partial charge in [-0.1, -0.05) is 30.7 Å². The molecular weight excluding hydrogens is 441 g/mol. The molecule has 0 radical (unpaired) electrons. The molecule has 1 N–H and O–H groups in total. The van der Waals surface area contributed by atoms with Gasteiger partial charge in [0, 0.05) is 36.4 Å². The monoisotopic (exact) mass is 467 g/mol. The fourth-order valence-electron chi connectivity index (χ4n) is 3.99. The van der Waals surface area contributed by atoms with Crippen LogP contribution in [0.4, 0.5) is 4.39 Å². The van der Waals surface area contributed by atoms with Crippen LogP contribution in [0, 0.1) is 12.7 Å². The molecule has 0 saturated carbocycles. The van der Waals surface area contributed by atoms with E-state index < -0.39 is 27.2 Å². The van der Waals surface area contributed by atoms with Crippen LogP contribution >= 0.6 is 11.6 Å². The number of nitrogens with one attached hydrogen (secondary N) is 1. The molecule has 9 heteroatoms. The largest absolute Gasteiger partial charge is 0.351 e. The Hall–Kier alpha value is -2.03. The van der Waals surface area contributed by atoms with Gasteiger partial charge in [-0.2, -0.15) is 0 Å². The molecule has 0 spiro atoms. The lowest BCUT2D eigenvalue weighted by molar-refractivity contribution is 0.0928. The van der Waals surface area contributed by atoms with Gasteiger partial charge in [0.05, 0.1) is 16.3 Å². The Kier molecular flexibility index (Phi) is 7.34. The lowest BCUT2D eigenvalue weighted by Crippen LogP contribution is -2.51. The van der Waals surface area contributed by atoms with Gasteiger partial charge in [-0.05, 0) is 50.5 Å². The van der Waals surface area contributed by atoms with Crippen LogP contribution in [0.15, 0.2) is 36.4 Å². The van der Waals surface area contributed by atoms with Crippen molar-refractivity contribution in [2.75, 3.05) is 25.4 Å². The first kappa shape index (κ1) is 23.6. The minimum atomic E-state index is -3.30. The number of benzene rings is 1. The van der Waals surface area contributed by atoms with Crippen molar-refractivity contribution >= 4 is 27.5 Å². The third-order valence-electron chi connectivity index (χ3n) is 5.74. The molecule has 1 saturated heterocycles. The second-order valence-corrected chi connectivity index (χ2v) is 10.4.